The third-order valence-electron chi connectivity index (χ3n) is 5.10. The SMILES string of the molecule is CC(C)n1cnnc1C1CCCN(CC2CCCS(=O)(=O)C2)C1. The summed E-state index contributed by atoms with van der Waals surface area (Å²) in [6.45, 7) is 7.26. The molecule has 2 fully saturated rings. The highest BCUT2D eigenvalue weighted by molar-refractivity contribution is 7.91. The molecule has 0 aromatic carbocycles. The van der Waals surface area contributed by atoms with E-state index in [4.69, 9.17) is 0 Å². The molecule has 2 unspecified atom stereocenters. The fraction of sp³-hybridized carbons (Fsp3) is 0.875. The third kappa shape index (κ3) is 4.12. The summed E-state index contributed by atoms with van der Waals surface area (Å²) < 4.78 is 25.8. The van der Waals surface area contributed by atoms with Crippen molar-refractivity contribution >= 4 is 9.84 Å². The van der Waals surface area contributed by atoms with Gasteiger partial charge in [0.25, 0.3) is 0 Å². The smallest absolute Gasteiger partial charge is 0.150 e. The molecule has 0 amide bonds. The van der Waals surface area contributed by atoms with Crippen molar-refractivity contribution in [2.75, 3.05) is 31.1 Å². The third-order valence-corrected chi connectivity index (χ3v) is 6.99. The molecule has 0 spiro atoms. The Balaban J connectivity index is 1.63. The molecule has 3 rings (SSSR count). The maximum absolute atomic E-state index is 11.8. The Hall–Kier alpha value is -0.950. The summed E-state index contributed by atoms with van der Waals surface area (Å²) in [7, 11) is -2.81. The van der Waals surface area contributed by atoms with Gasteiger partial charge in [-0.2, -0.15) is 0 Å². The summed E-state index contributed by atoms with van der Waals surface area (Å²) in [5, 5.41) is 8.45. The van der Waals surface area contributed by atoms with E-state index in [1.54, 1.807) is 0 Å². The molecule has 2 saturated heterocycles. The van der Waals surface area contributed by atoms with Crippen LogP contribution < -0.4 is 0 Å². The Bertz CT molecular complexity index is 626. The molecule has 1 aromatic heterocycles. The minimum absolute atomic E-state index is 0.301. The van der Waals surface area contributed by atoms with E-state index in [9.17, 15) is 8.42 Å². The van der Waals surface area contributed by atoms with E-state index in [-0.39, 0.29) is 0 Å². The summed E-state index contributed by atoms with van der Waals surface area (Å²) in [6, 6.07) is 0.374. The van der Waals surface area contributed by atoms with Crippen molar-refractivity contribution in [3.63, 3.8) is 0 Å². The zero-order chi connectivity index (χ0) is 16.4. The largest absolute Gasteiger partial charge is 0.315 e. The van der Waals surface area contributed by atoms with Crippen molar-refractivity contribution in [1.29, 1.82) is 0 Å². The maximum Gasteiger partial charge on any atom is 0.150 e. The summed E-state index contributed by atoms with van der Waals surface area (Å²) in [6.07, 6.45) is 5.99. The normalized spacial score (nSPS) is 29.0. The van der Waals surface area contributed by atoms with Crippen LogP contribution in [-0.2, 0) is 9.84 Å². The van der Waals surface area contributed by atoms with Crippen LogP contribution in [0.4, 0.5) is 0 Å². The predicted molar refractivity (Wildman–Crippen MR) is 90.2 cm³/mol. The zero-order valence-corrected chi connectivity index (χ0v) is 15.0. The molecule has 0 saturated carbocycles. The lowest BCUT2D eigenvalue weighted by Crippen LogP contribution is -2.41. The zero-order valence-electron chi connectivity index (χ0n) is 14.2. The highest BCUT2D eigenvalue weighted by Crippen LogP contribution is 2.28. The molecule has 23 heavy (non-hydrogen) atoms. The summed E-state index contributed by atoms with van der Waals surface area (Å²) in [4.78, 5) is 2.44. The predicted octanol–water partition coefficient (Wildman–Crippen LogP) is 1.86. The molecule has 0 radical (unpaired) electrons. The first kappa shape index (κ1) is 16.9. The topological polar surface area (TPSA) is 68.1 Å². The average Bonchev–Trinajstić information content (AvgIpc) is 2.96. The molecule has 0 N–H and O–H groups in total. The summed E-state index contributed by atoms with van der Waals surface area (Å²) >= 11 is 0. The number of sulfone groups is 1. The monoisotopic (exact) mass is 340 g/mol. The van der Waals surface area contributed by atoms with Gasteiger partial charge < -0.3 is 9.47 Å². The molecule has 0 bridgehead atoms. The van der Waals surface area contributed by atoms with Crippen molar-refractivity contribution in [3.8, 4) is 0 Å². The van der Waals surface area contributed by atoms with Gasteiger partial charge >= 0.3 is 0 Å². The quantitative estimate of drug-likeness (QED) is 0.837. The second-order valence-electron chi connectivity index (χ2n) is 7.41. The molecule has 0 aliphatic carbocycles. The van der Waals surface area contributed by atoms with Crippen LogP contribution in [0.25, 0.3) is 0 Å². The lowest BCUT2D eigenvalue weighted by atomic mass is 9.95. The van der Waals surface area contributed by atoms with Crippen LogP contribution in [-0.4, -0.2) is 59.2 Å². The van der Waals surface area contributed by atoms with E-state index in [0.29, 0.717) is 29.4 Å². The second-order valence-corrected chi connectivity index (χ2v) is 9.64. The first-order valence-electron chi connectivity index (χ1n) is 8.77. The van der Waals surface area contributed by atoms with E-state index in [1.807, 2.05) is 6.33 Å². The van der Waals surface area contributed by atoms with Gasteiger partial charge in [-0.3, -0.25) is 0 Å². The number of likely N-dealkylation sites (tertiary alicyclic amines) is 1. The van der Waals surface area contributed by atoms with Crippen molar-refractivity contribution in [3.05, 3.63) is 12.2 Å². The van der Waals surface area contributed by atoms with Gasteiger partial charge in [-0.25, -0.2) is 8.42 Å². The van der Waals surface area contributed by atoms with Gasteiger partial charge in [0.2, 0.25) is 0 Å². The standard InChI is InChI=1S/C16H28N4O2S/c1-13(2)20-12-17-18-16(20)15-6-3-7-19(10-15)9-14-5-4-8-23(21,22)11-14/h12-15H,3-11H2,1-2H3. The van der Waals surface area contributed by atoms with Crippen molar-refractivity contribution < 1.29 is 8.42 Å². The van der Waals surface area contributed by atoms with E-state index in [0.717, 1.165) is 51.1 Å². The van der Waals surface area contributed by atoms with Gasteiger partial charge in [-0.15, -0.1) is 10.2 Å². The lowest BCUT2D eigenvalue weighted by Gasteiger charge is -2.35. The molecule has 2 aliphatic rings. The van der Waals surface area contributed by atoms with Gasteiger partial charge in [0.05, 0.1) is 11.5 Å². The molecule has 2 aliphatic heterocycles. The van der Waals surface area contributed by atoms with Crippen molar-refractivity contribution in [2.24, 2.45) is 5.92 Å². The molecular weight excluding hydrogens is 312 g/mol. The minimum Gasteiger partial charge on any atom is -0.315 e. The molecule has 1 aromatic rings. The number of nitrogens with zero attached hydrogens (tertiary/aromatic N) is 4. The summed E-state index contributed by atoms with van der Waals surface area (Å²) in [5.41, 5.74) is 0. The molecule has 130 valence electrons. The maximum atomic E-state index is 11.8. The number of rotatable bonds is 4. The number of piperidine rings is 1. The number of aromatic nitrogens is 3. The van der Waals surface area contributed by atoms with Crippen molar-refractivity contribution in [1.82, 2.24) is 19.7 Å². The van der Waals surface area contributed by atoms with Gasteiger partial charge in [-0.1, -0.05) is 0 Å². The van der Waals surface area contributed by atoms with Gasteiger partial charge in [0.15, 0.2) is 9.84 Å². The van der Waals surface area contributed by atoms with Crippen LogP contribution in [0, 0.1) is 5.92 Å². The lowest BCUT2D eigenvalue weighted by molar-refractivity contribution is 0.174. The Morgan fingerprint density at radius 1 is 1.30 bits per heavy atom. The number of hydrogen-bond donors (Lipinski definition) is 0. The molecular formula is C16H28N4O2S. The van der Waals surface area contributed by atoms with Crippen LogP contribution >= 0.6 is 0 Å². The average molecular weight is 340 g/mol. The molecule has 2 atom stereocenters. The van der Waals surface area contributed by atoms with Gasteiger partial charge in [-0.05, 0) is 52.0 Å². The van der Waals surface area contributed by atoms with E-state index < -0.39 is 9.84 Å². The Morgan fingerprint density at radius 3 is 2.87 bits per heavy atom. The second kappa shape index (κ2) is 6.89. The van der Waals surface area contributed by atoms with Crippen molar-refractivity contribution in [2.45, 2.75) is 51.5 Å². The molecule has 6 nitrogen and oxygen atoms in total. The van der Waals surface area contributed by atoms with Crippen LogP contribution in [0.1, 0.15) is 57.3 Å². The highest BCUT2D eigenvalue weighted by Gasteiger charge is 2.30. The molecule has 3 heterocycles. The fourth-order valence-electron chi connectivity index (χ4n) is 4.00. The van der Waals surface area contributed by atoms with Crippen LogP contribution in [0.15, 0.2) is 6.33 Å². The van der Waals surface area contributed by atoms with Gasteiger partial charge in [0.1, 0.15) is 12.2 Å². The highest BCUT2D eigenvalue weighted by atomic mass is 32.2. The van der Waals surface area contributed by atoms with E-state index in [1.165, 1.54) is 0 Å². The van der Waals surface area contributed by atoms with Gasteiger partial charge in [0, 0.05) is 25.0 Å². The first-order valence-corrected chi connectivity index (χ1v) is 10.6. The molecule has 7 heteroatoms. The van der Waals surface area contributed by atoms with Crippen LogP contribution in [0.5, 0.6) is 0 Å². The van der Waals surface area contributed by atoms with Crippen LogP contribution in [0.2, 0.25) is 0 Å². The first-order chi connectivity index (χ1) is 10.9. The Labute approximate surface area is 139 Å². The Kier molecular flexibility index (Phi) is 5.06. The van der Waals surface area contributed by atoms with Crippen LogP contribution in [0.3, 0.4) is 0 Å². The minimum atomic E-state index is -2.81. The fourth-order valence-corrected chi connectivity index (χ4v) is 5.76. The Morgan fingerprint density at radius 2 is 2.13 bits per heavy atom. The number of hydrogen-bond acceptors (Lipinski definition) is 5. The van der Waals surface area contributed by atoms with E-state index in [2.05, 4.69) is 33.5 Å². The van der Waals surface area contributed by atoms with E-state index >= 15 is 0 Å². The summed E-state index contributed by atoms with van der Waals surface area (Å²) in [5.74, 6) is 2.55.